The van der Waals surface area contributed by atoms with Gasteiger partial charge in [0.05, 0.1) is 25.3 Å². The number of likely N-dealkylation sites (tertiary alicyclic amines) is 1. The number of benzene rings is 2. The van der Waals surface area contributed by atoms with Crippen LogP contribution in [0.4, 0.5) is 0 Å². The summed E-state index contributed by atoms with van der Waals surface area (Å²) in [5.74, 6) is 1.32. The molecule has 1 aliphatic rings. The number of halogens is 1. The number of ether oxygens (including phenoxy) is 2. The number of nitrogens with zero attached hydrogens (tertiary/aromatic N) is 1. The lowest BCUT2D eigenvalue weighted by Gasteiger charge is -2.36. The van der Waals surface area contributed by atoms with Crippen molar-refractivity contribution in [3.63, 3.8) is 0 Å². The van der Waals surface area contributed by atoms with Crippen molar-refractivity contribution in [3.05, 3.63) is 58.6 Å². The third-order valence-corrected chi connectivity index (χ3v) is 5.49. The van der Waals surface area contributed by atoms with Crippen molar-refractivity contribution in [1.29, 1.82) is 0 Å². The zero-order valence-corrected chi connectivity index (χ0v) is 16.1. The molecule has 2 atom stereocenters. The molecule has 2 aromatic carbocycles. The van der Waals surface area contributed by atoms with E-state index >= 15 is 0 Å². The second-order valence-corrected chi connectivity index (χ2v) is 7.19. The van der Waals surface area contributed by atoms with Crippen molar-refractivity contribution in [2.45, 2.75) is 25.5 Å². The SMILES string of the molecule is COc1ccc(CC2CN(Cc3ccccc3)CCC2O)c(Cl)c1OC. The van der Waals surface area contributed by atoms with Crippen LogP contribution in [0.25, 0.3) is 0 Å². The maximum Gasteiger partial charge on any atom is 0.179 e. The minimum Gasteiger partial charge on any atom is -0.493 e. The van der Waals surface area contributed by atoms with Crippen LogP contribution in [0.3, 0.4) is 0 Å². The van der Waals surface area contributed by atoms with E-state index in [-0.39, 0.29) is 12.0 Å². The molecule has 0 saturated carbocycles. The molecule has 1 saturated heterocycles. The zero-order valence-electron chi connectivity index (χ0n) is 15.3. The van der Waals surface area contributed by atoms with Crippen LogP contribution >= 0.6 is 11.6 Å². The van der Waals surface area contributed by atoms with Crippen molar-refractivity contribution >= 4 is 11.6 Å². The Morgan fingerprint density at radius 1 is 1.12 bits per heavy atom. The molecule has 1 aliphatic heterocycles. The van der Waals surface area contributed by atoms with Crippen LogP contribution in [0.15, 0.2) is 42.5 Å². The van der Waals surface area contributed by atoms with Gasteiger partial charge < -0.3 is 14.6 Å². The number of rotatable bonds is 6. The predicted molar refractivity (Wildman–Crippen MR) is 104 cm³/mol. The molecule has 5 heteroatoms. The molecule has 0 aliphatic carbocycles. The number of aliphatic hydroxyl groups is 1. The van der Waals surface area contributed by atoms with Crippen molar-refractivity contribution in [1.82, 2.24) is 4.90 Å². The Labute approximate surface area is 160 Å². The Hall–Kier alpha value is -1.75. The normalized spacial score (nSPS) is 20.8. The standard InChI is InChI=1S/C21H26ClNO3/c1-25-19-9-8-16(20(22)21(19)26-2)12-17-14-23(11-10-18(17)24)13-15-6-4-3-5-7-15/h3-9,17-18,24H,10-14H2,1-2H3. The second-order valence-electron chi connectivity index (χ2n) is 6.82. The molecule has 1 N–H and O–H groups in total. The molecule has 2 unspecified atom stereocenters. The fourth-order valence-corrected chi connectivity index (χ4v) is 3.96. The van der Waals surface area contributed by atoms with Crippen LogP contribution in [0.5, 0.6) is 11.5 Å². The predicted octanol–water partition coefficient (Wildman–Crippen LogP) is 3.78. The summed E-state index contributed by atoms with van der Waals surface area (Å²) in [5.41, 5.74) is 2.28. The Balaban J connectivity index is 1.72. The van der Waals surface area contributed by atoms with Gasteiger partial charge in [-0.3, -0.25) is 4.90 Å². The Bertz CT molecular complexity index is 723. The number of methoxy groups -OCH3 is 2. The monoisotopic (exact) mass is 375 g/mol. The van der Waals surface area contributed by atoms with E-state index in [9.17, 15) is 5.11 Å². The average Bonchev–Trinajstić information content (AvgIpc) is 2.66. The highest BCUT2D eigenvalue weighted by Crippen LogP contribution is 2.38. The third kappa shape index (κ3) is 4.32. The van der Waals surface area contributed by atoms with Gasteiger partial charge in [0.25, 0.3) is 0 Å². The molecule has 0 amide bonds. The van der Waals surface area contributed by atoms with E-state index in [1.807, 2.05) is 18.2 Å². The van der Waals surface area contributed by atoms with Crippen molar-refractivity contribution in [2.75, 3.05) is 27.3 Å². The molecule has 140 valence electrons. The van der Waals surface area contributed by atoms with E-state index in [1.54, 1.807) is 14.2 Å². The lowest BCUT2D eigenvalue weighted by molar-refractivity contribution is 0.0239. The van der Waals surface area contributed by atoms with Gasteiger partial charge in [-0.25, -0.2) is 0 Å². The first-order valence-corrected chi connectivity index (χ1v) is 9.34. The summed E-state index contributed by atoms with van der Waals surface area (Å²) >= 11 is 6.53. The van der Waals surface area contributed by atoms with E-state index in [0.29, 0.717) is 22.9 Å². The summed E-state index contributed by atoms with van der Waals surface area (Å²) in [6.07, 6.45) is 1.18. The lowest BCUT2D eigenvalue weighted by atomic mass is 9.88. The van der Waals surface area contributed by atoms with Crippen molar-refractivity contribution < 1.29 is 14.6 Å². The van der Waals surface area contributed by atoms with E-state index in [0.717, 1.165) is 31.6 Å². The topological polar surface area (TPSA) is 41.9 Å². The average molecular weight is 376 g/mol. The van der Waals surface area contributed by atoms with Gasteiger partial charge in [-0.15, -0.1) is 0 Å². The minimum absolute atomic E-state index is 0.142. The van der Waals surface area contributed by atoms with Crippen molar-refractivity contribution in [3.8, 4) is 11.5 Å². The maximum absolute atomic E-state index is 10.5. The summed E-state index contributed by atoms with van der Waals surface area (Å²) in [7, 11) is 3.19. The van der Waals surface area contributed by atoms with Crippen LogP contribution in [-0.4, -0.2) is 43.4 Å². The first-order valence-electron chi connectivity index (χ1n) is 8.96. The van der Waals surface area contributed by atoms with Gasteiger partial charge in [-0.05, 0) is 30.0 Å². The van der Waals surface area contributed by atoms with Gasteiger partial charge in [0.15, 0.2) is 11.5 Å². The van der Waals surface area contributed by atoms with Crippen LogP contribution in [0.1, 0.15) is 17.5 Å². The number of hydrogen-bond acceptors (Lipinski definition) is 4. The fourth-order valence-electron chi connectivity index (χ4n) is 3.65. The van der Waals surface area contributed by atoms with Gasteiger partial charge in [0, 0.05) is 25.6 Å². The molecule has 2 aromatic rings. The molecule has 3 rings (SSSR count). The first-order chi connectivity index (χ1) is 12.6. The lowest BCUT2D eigenvalue weighted by Crippen LogP contribution is -2.43. The number of aliphatic hydroxyl groups excluding tert-OH is 1. The molecular formula is C21H26ClNO3. The van der Waals surface area contributed by atoms with Gasteiger partial charge in [-0.2, -0.15) is 0 Å². The summed E-state index contributed by atoms with van der Waals surface area (Å²) < 4.78 is 10.7. The van der Waals surface area contributed by atoms with E-state index in [1.165, 1.54) is 5.56 Å². The molecule has 1 fully saturated rings. The number of piperidine rings is 1. The minimum atomic E-state index is -0.314. The third-order valence-electron chi connectivity index (χ3n) is 5.07. The summed E-state index contributed by atoms with van der Waals surface area (Å²) in [6, 6.07) is 14.3. The van der Waals surface area contributed by atoms with Crippen LogP contribution in [0.2, 0.25) is 5.02 Å². The van der Waals surface area contributed by atoms with Gasteiger partial charge in [-0.1, -0.05) is 48.0 Å². The molecule has 0 bridgehead atoms. The largest absolute Gasteiger partial charge is 0.493 e. The van der Waals surface area contributed by atoms with E-state index < -0.39 is 0 Å². The Morgan fingerprint density at radius 2 is 1.88 bits per heavy atom. The fraction of sp³-hybridized carbons (Fsp3) is 0.429. The maximum atomic E-state index is 10.5. The van der Waals surface area contributed by atoms with Crippen molar-refractivity contribution in [2.24, 2.45) is 5.92 Å². The van der Waals surface area contributed by atoms with Gasteiger partial charge in [0.1, 0.15) is 0 Å². The molecule has 4 nitrogen and oxygen atoms in total. The highest BCUT2D eigenvalue weighted by Gasteiger charge is 2.29. The molecule has 0 spiro atoms. The molecular weight excluding hydrogens is 350 g/mol. The molecule has 26 heavy (non-hydrogen) atoms. The van der Waals surface area contributed by atoms with Crippen LogP contribution in [-0.2, 0) is 13.0 Å². The Kier molecular flexibility index (Phi) is 6.41. The van der Waals surface area contributed by atoms with E-state index in [4.69, 9.17) is 21.1 Å². The Morgan fingerprint density at radius 3 is 2.58 bits per heavy atom. The summed E-state index contributed by atoms with van der Waals surface area (Å²) in [6.45, 7) is 2.66. The highest BCUT2D eigenvalue weighted by atomic mass is 35.5. The van der Waals surface area contributed by atoms with Gasteiger partial charge >= 0.3 is 0 Å². The highest BCUT2D eigenvalue weighted by molar-refractivity contribution is 6.33. The number of hydrogen-bond donors (Lipinski definition) is 1. The van der Waals surface area contributed by atoms with E-state index in [2.05, 4.69) is 29.2 Å². The van der Waals surface area contributed by atoms with Crippen LogP contribution in [0, 0.1) is 5.92 Å². The molecule has 0 radical (unpaired) electrons. The molecule has 1 heterocycles. The second kappa shape index (κ2) is 8.76. The van der Waals surface area contributed by atoms with Crippen LogP contribution < -0.4 is 9.47 Å². The quantitative estimate of drug-likeness (QED) is 0.834. The smallest absolute Gasteiger partial charge is 0.179 e. The molecule has 0 aromatic heterocycles. The summed E-state index contributed by atoms with van der Waals surface area (Å²) in [5, 5.41) is 11.1. The summed E-state index contributed by atoms with van der Waals surface area (Å²) in [4.78, 5) is 2.40. The first kappa shape index (κ1) is 19.0. The zero-order chi connectivity index (χ0) is 18.5. The van der Waals surface area contributed by atoms with Gasteiger partial charge in [0.2, 0.25) is 0 Å².